The number of nitrogens with one attached hydrogen (secondary N) is 1. The fraction of sp³-hybridized carbons (Fsp3) is 0.667. The summed E-state index contributed by atoms with van der Waals surface area (Å²) < 4.78 is 23.6. The van der Waals surface area contributed by atoms with E-state index in [1.807, 2.05) is 20.8 Å². The van der Waals surface area contributed by atoms with E-state index in [0.29, 0.717) is 12.2 Å². The topological polar surface area (TPSA) is 83.1 Å². The summed E-state index contributed by atoms with van der Waals surface area (Å²) in [5, 5.41) is 6.60. The summed E-state index contributed by atoms with van der Waals surface area (Å²) in [4.78, 5) is 13.9. The number of carbonyl (C=O) groups is 1. The van der Waals surface area contributed by atoms with Crippen LogP contribution in [0.15, 0.2) is 4.90 Å². The van der Waals surface area contributed by atoms with Crippen molar-refractivity contribution in [3.63, 3.8) is 0 Å². The van der Waals surface area contributed by atoms with Crippen molar-refractivity contribution < 1.29 is 13.2 Å². The maximum atomic E-state index is 12.5. The summed E-state index contributed by atoms with van der Waals surface area (Å²) in [5.41, 5.74) is 0.362. The molecule has 1 saturated carbocycles. The van der Waals surface area contributed by atoms with E-state index in [4.69, 9.17) is 10.7 Å². The summed E-state index contributed by atoms with van der Waals surface area (Å²) in [7, 11) is 1.49. The Morgan fingerprint density at radius 2 is 2.10 bits per heavy atom. The highest BCUT2D eigenvalue weighted by atomic mass is 35.7. The minimum Gasteiger partial charge on any atom is -0.335 e. The van der Waals surface area contributed by atoms with Crippen LogP contribution >= 0.6 is 10.7 Å². The number of rotatable bonds is 5. The van der Waals surface area contributed by atoms with E-state index in [1.165, 1.54) is 0 Å². The molecule has 8 heteroatoms. The van der Waals surface area contributed by atoms with Gasteiger partial charge in [-0.05, 0) is 33.6 Å². The second-order valence-corrected chi connectivity index (χ2v) is 7.71. The Kier molecular flexibility index (Phi) is 4.11. The maximum Gasteiger partial charge on any atom is 0.275 e. The van der Waals surface area contributed by atoms with E-state index >= 15 is 0 Å². The molecule has 1 heterocycles. The third kappa shape index (κ3) is 2.83. The average molecular weight is 320 g/mol. The summed E-state index contributed by atoms with van der Waals surface area (Å²) >= 11 is 0. The predicted octanol–water partition coefficient (Wildman–Crippen LogP) is 2.09. The van der Waals surface area contributed by atoms with Crippen molar-refractivity contribution in [1.82, 2.24) is 15.1 Å². The van der Waals surface area contributed by atoms with Gasteiger partial charge >= 0.3 is 0 Å². The Bertz CT molecular complexity index is 620. The number of halogens is 1. The standard InChI is InChI=1S/C12H18ClN3O3S/c1-4-16(7(2)3)12(17)10-11(20(13,18)19)9(14-15-10)8-5-6-8/h7-8H,4-6H2,1-3H3,(H,14,15). The molecule has 1 aromatic rings. The fourth-order valence-electron chi connectivity index (χ4n) is 2.26. The van der Waals surface area contributed by atoms with Crippen LogP contribution in [0.1, 0.15) is 55.7 Å². The van der Waals surface area contributed by atoms with Crippen molar-refractivity contribution >= 4 is 25.6 Å². The molecule has 0 atom stereocenters. The predicted molar refractivity (Wildman–Crippen MR) is 75.4 cm³/mol. The molecule has 2 rings (SSSR count). The molecule has 6 nitrogen and oxygen atoms in total. The molecule has 1 amide bonds. The van der Waals surface area contributed by atoms with Crippen LogP contribution in [-0.4, -0.2) is 42.0 Å². The molecule has 0 bridgehead atoms. The lowest BCUT2D eigenvalue weighted by molar-refractivity contribution is 0.0707. The van der Waals surface area contributed by atoms with Gasteiger partial charge in [-0.3, -0.25) is 9.89 Å². The molecule has 1 fully saturated rings. The molecule has 0 spiro atoms. The molecular weight excluding hydrogens is 302 g/mol. The zero-order valence-corrected chi connectivity index (χ0v) is 13.3. The molecular formula is C12H18ClN3O3S. The Morgan fingerprint density at radius 1 is 1.50 bits per heavy atom. The van der Waals surface area contributed by atoms with Gasteiger partial charge in [0.1, 0.15) is 4.90 Å². The van der Waals surface area contributed by atoms with Gasteiger partial charge in [0.2, 0.25) is 0 Å². The van der Waals surface area contributed by atoms with Gasteiger partial charge in [0.25, 0.3) is 15.0 Å². The zero-order valence-electron chi connectivity index (χ0n) is 11.7. The molecule has 0 aliphatic heterocycles. The van der Waals surface area contributed by atoms with Crippen LogP contribution in [0.2, 0.25) is 0 Å². The van der Waals surface area contributed by atoms with Crippen LogP contribution in [0.3, 0.4) is 0 Å². The van der Waals surface area contributed by atoms with Gasteiger partial charge in [-0.2, -0.15) is 5.10 Å². The summed E-state index contributed by atoms with van der Waals surface area (Å²) in [6.45, 7) is 6.04. The molecule has 0 radical (unpaired) electrons. The Labute approximate surface area is 122 Å². The Balaban J connectivity index is 2.49. The monoisotopic (exact) mass is 319 g/mol. The van der Waals surface area contributed by atoms with E-state index in [2.05, 4.69) is 10.2 Å². The first kappa shape index (κ1) is 15.3. The summed E-state index contributed by atoms with van der Waals surface area (Å²) in [6, 6.07) is -0.0422. The third-order valence-electron chi connectivity index (χ3n) is 3.40. The molecule has 1 N–H and O–H groups in total. The fourth-order valence-corrected chi connectivity index (χ4v) is 3.57. The van der Waals surface area contributed by atoms with Crippen molar-refractivity contribution in [3.8, 4) is 0 Å². The molecule has 112 valence electrons. The quantitative estimate of drug-likeness (QED) is 0.842. The molecule has 1 aliphatic rings. The number of carbonyl (C=O) groups excluding carboxylic acids is 1. The largest absolute Gasteiger partial charge is 0.335 e. The number of aromatic nitrogens is 2. The highest BCUT2D eigenvalue weighted by Gasteiger charge is 2.37. The number of hydrogen-bond donors (Lipinski definition) is 1. The van der Waals surface area contributed by atoms with Gasteiger partial charge in [-0.25, -0.2) is 8.42 Å². The number of H-pyrrole nitrogens is 1. The highest BCUT2D eigenvalue weighted by Crippen LogP contribution is 2.43. The minimum absolute atomic E-state index is 0.0422. The summed E-state index contributed by atoms with van der Waals surface area (Å²) in [6.07, 6.45) is 1.77. The zero-order chi connectivity index (χ0) is 15.1. The minimum atomic E-state index is -4.01. The normalized spacial score (nSPS) is 15.7. The van der Waals surface area contributed by atoms with Crippen LogP contribution in [0.4, 0.5) is 0 Å². The third-order valence-corrected chi connectivity index (χ3v) is 4.77. The molecule has 0 unspecified atom stereocenters. The first-order valence-electron chi connectivity index (χ1n) is 6.61. The van der Waals surface area contributed by atoms with Crippen molar-refractivity contribution in [2.45, 2.75) is 50.5 Å². The second kappa shape index (κ2) is 5.37. The van der Waals surface area contributed by atoms with E-state index in [-0.39, 0.29) is 22.5 Å². The first-order chi connectivity index (χ1) is 9.27. The average Bonchev–Trinajstić information content (AvgIpc) is 3.06. The van der Waals surface area contributed by atoms with Crippen molar-refractivity contribution in [3.05, 3.63) is 11.4 Å². The van der Waals surface area contributed by atoms with Crippen molar-refractivity contribution in [2.24, 2.45) is 0 Å². The van der Waals surface area contributed by atoms with Crippen LogP contribution < -0.4 is 0 Å². The van der Waals surface area contributed by atoms with Gasteiger partial charge in [-0.15, -0.1) is 0 Å². The van der Waals surface area contributed by atoms with E-state index in [9.17, 15) is 13.2 Å². The van der Waals surface area contributed by atoms with E-state index < -0.39 is 15.0 Å². The van der Waals surface area contributed by atoms with Gasteiger partial charge < -0.3 is 4.90 Å². The van der Waals surface area contributed by atoms with Crippen LogP contribution in [0.5, 0.6) is 0 Å². The van der Waals surface area contributed by atoms with Gasteiger partial charge in [0, 0.05) is 29.2 Å². The highest BCUT2D eigenvalue weighted by molar-refractivity contribution is 8.13. The van der Waals surface area contributed by atoms with Gasteiger partial charge in [0.15, 0.2) is 5.69 Å². The number of hydrogen-bond acceptors (Lipinski definition) is 4. The Hall–Kier alpha value is -1.08. The number of nitrogens with zero attached hydrogens (tertiary/aromatic N) is 2. The Morgan fingerprint density at radius 3 is 2.50 bits per heavy atom. The maximum absolute atomic E-state index is 12.5. The lowest BCUT2D eigenvalue weighted by Crippen LogP contribution is -2.37. The number of amides is 1. The van der Waals surface area contributed by atoms with Gasteiger partial charge in [0.05, 0.1) is 5.69 Å². The van der Waals surface area contributed by atoms with E-state index in [1.54, 1.807) is 4.90 Å². The molecule has 1 aromatic heterocycles. The molecule has 0 saturated heterocycles. The summed E-state index contributed by atoms with van der Waals surface area (Å²) in [5.74, 6) is -0.299. The molecule has 20 heavy (non-hydrogen) atoms. The van der Waals surface area contributed by atoms with Crippen LogP contribution in [0.25, 0.3) is 0 Å². The number of aromatic amines is 1. The second-order valence-electron chi connectivity index (χ2n) is 5.21. The SMILES string of the molecule is CCN(C(=O)c1n[nH]c(C2CC2)c1S(=O)(=O)Cl)C(C)C. The van der Waals surface area contributed by atoms with Crippen molar-refractivity contribution in [2.75, 3.05) is 6.54 Å². The lowest BCUT2D eigenvalue weighted by atomic mass is 10.2. The van der Waals surface area contributed by atoms with Crippen LogP contribution in [0, 0.1) is 0 Å². The molecule has 1 aliphatic carbocycles. The first-order valence-corrected chi connectivity index (χ1v) is 8.92. The molecule has 0 aromatic carbocycles. The van der Waals surface area contributed by atoms with E-state index in [0.717, 1.165) is 12.8 Å². The smallest absolute Gasteiger partial charge is 0.275 e. The van der Waals surface area contributed by atoms with Crippen molar-refractivity contribution in [1.29, 1.82) is 0 Å². The lowest BCUT2D eigenvalue weighted by Gasteiger charge is -2.24. The van der Waals surface area contributed by atoms with Gasteiger partial charge in [-0.1, -0.05) is 0 Å². The van der Waals surface area contributed by atoms with Crippen LogP contribution in [-0.2, 0) is 9.05 Å².